The third-order valence-electron chi connectivity index (χ3n) is 1.77. The third-order valence-corrected chi connectivity index (χ3v) is 1.77. The van der Waals surface area contributed by atoms with Crippen molar-refractivity contribution >= 4 is 5.91 Å². The fourth-order valence-corrected chi connectivity index (χ4v) is 0.949. The SMILES string of the molecule is CC=CC1(C(N)=O)CC1. The van der Waals surface area contributed by atoms with Crippen LogP contribution in [-0.2, 0) is 4.79 Å². The molecule has 1 aliphatic rings. The fraction of sp³-hybridized carbons (Fsp3) is 0.571. The van der Waals surface area contributed by atoms with E-state index in [0.717, 1.165) is 12.8 Å². The van der Waals surface area contributed by atoms with E-state index in [1.807, 2.05) is 19.1 Å². The van der Waals surface area contributed by atoms with E-state index in [0.29, 0.717) is 0 Å². The topological polar surface area (TPSA) is 43.1 Å². The molecule has 0 aromatic carbocycles. The van der Waals surface area contributed by atoms with Gasteiger partial charge in [0, 0.05) is 0 Å². The molecule has 1 rings (SSSR count). The summed E-state index contributed by atoms with van der Waals surface area (Å²) < 4.78 is 0. The van der Waals surface area contributed by atoms with Crippen molar-refractivity contribution in [3.63, 3.8) is 0 Å². The summed E-state index contributed by atoms with van der Waals surface area (Å²) in [6.07, 6.45) is 5.66. The maximum atomic E-state index is 10.6. The van der Waals surface area contributed by atoms with Gasteiger partial charge >= 0.3 is 0 Å². The highest BCUT2D eigenvalue weighted by Gasteiger charge is 2.45. The molecule has 0 unspecified atom stereocenters. The van der Waals surface area contributed by atoms with Gasteiger partial charge < -0.3 is 5.73 Å². The normalized spacial score (nSPS) is 22.3. The molecular weight excluding hydrogens is 114 g/mol. The Morgan fingerprint density at radius 1 is 1.67 bits per heavy atom. The van der Waals surface area contributed by atoms with Crippen LogP contribution in [0.2, 0.25) is 0 Å². The summed E-state index contributed by atoms with van der Waals surface area (Å²) in [5.41, 5.74) is 4.89. The molecule has 9 heavy (non-hydrogen) atoms. The molecule has 2 heteroatoms. The highest BCUT2D eigenvalue weighted by molar-refractivity contribution is 5.85. The van der Waals surface area contributed by atoms with E-state index < -0.39 is 0 Å². The highest BCUT2D eigenvalue weighted by atomic mass is 16.1. The summed E-state index contributed by atoms with van der Waals surface area (Å²) in [6, 6.07) is 0. The highest BCUT2D eigenvalue weighted by Crippen LogP contribution is 2.46. The molecule has 1 fully saturated rings. The van der Waals surface area contributed by atoms with Crippen molar-refractivity contribution in [3.05, 3.63) is 12.2 Å². The van der Waals surface area contributed by atoms with Crippen LogP contribution in [0.4, 0.5) is 0 Å². The summed E-state index contributed by atoms with van der Waals surface area (Å²) in [4.78, 5) is 10.6. The molecule has 0 spiro atoms. The smallest absolute Gasteiger partial charge is 0.227 e. The van der Waals surface area contributed by atoms with Crippen molar-refractivity contribution in [1.29, 1.82) is 0 Å². The van der Waals surface area contributed by atoms with Gasteiger partial charge in [0.25, 0.3) is 0 Å². The van der Waals surface area contributed by atoms with E-state index in [9.17, 15) is 4.79 Å². The van der Waals surface area contributed by atoms with E-state index in [2.05, 4.69) is 0 Å². The quantitative estimate of drug-likeness (QED) is 0.546. The first-order valence-electron chi connectivity index (χ1n) is 3.15. The molecule has 50 valence electrons. The zero-order chi connectivity index (χ0) is 6.91. The van der Waals surface area contributed by atoms with Gasteiger partial charge in [-0.15, -0.1) is 0 Å². The molecule has 0 radical (unpaired) electrons. The summed E-state index contributed by atoms with van der Waals surface area (Å²) in [5, 5.41) is 0. The van der Waals surface area contributed by atoms with Crippen LogP contribution >= 0.6 is 0 Å². The lowest BCUT2D eigenvalue weighted by molar-refractivity contribution is -0.121. The minimum Gasteiger partial charge on any atom is -0.369 e. The van der Waals surface area contributed by atoms with Crippen molar-refractivity contribution in [1.82, 2.24) is 0 Å². The molecule has 0 aliphatic heterocycles. The molecule has 0 saturated heterocycles. The molecule has 1 saturated carbocycles. The molecule has 2 nitrogen and oxygen atoms in total. The monoisotopic (exact) mass is 125 g/mol. The molecule has 2 N–H and O–H groups in total. The summed E-state index contributed by atoms with van der Waals surface area (Å²) in [7, 11) is 0. The minimum atomic E-state index is -0.241. The van der Waals surface area contributed by atoms with E-state index in [4.69, 9.17) is 5.73 Å². The Bertz CT molecular complexity index is 156. The van der Waals surface area contributed by atoms with E-state index in [-0.39, 0.29) is 11.3 Å². The molecule has 0 heterocycles. The Morgan fingerprint density at radius 2 is 2.22 bits per heavy atom. The van der Waals surface area contributed by atoms with Gasteiger partial charge in [-0.2, -0.15) is 0 Å². The van der Waals surface area contributed by atoms with Gasteiger partial charge in [-0.3, -0.25) is 4.79 Å². The zero-order valence-corrected chi connectivity index (χ0v) is 5.55. The molecule has 0 bridgehead atoms. The number of carbonyl (C=O) groups is 1. The van der Waals surface area contributed by atoms with Gasteiger partial charge in [-0.05, 0) is 19.8 Å². The molecule has 0 atom stereocenters. The number of rotatable bonds is 2. The van der Waals surface area contributed by atoms with E-state index >= 15 is 0 Å². The third kappa shape index (κ3) is 0.969. The fourth-order valence-electron chi connectivity index (χ4n) is 0.949. The standard InChI is InChI=1S/C7H11NO/c1-2-3-7(4-5-7)6(8)9/h2-3H,4-5H2,1H3,(H2,8,9). The predicted molar refractivity (Wildman–Crippen MR) is 35.7 cm³/mol. The molecular formula is C7H11NO. The van der Waals surface area contributed by atoms with Crippen molar-refractivity contribution < 1.29 is 4.79 Å². The van der Waals surface area contributed by atoms with Crippen LogP contribution in [0.1, 0.15) is 19.8 Å². The Labute approximate surface area is 54.7 Å². The van der Waals surface area contributed by atoms with Crippen LogP contribution in [0.3, 0.4) is 0 Å². The lowest BCUT2D eigenvalue weighted by atomic mass is 10.1. The number of amides is 1. The number of nitrogens with two attached hydrogens (primary N) is 1. The van der Waals surface area contributed by atoms with Crippen molar-refractivity contribution in [3.8, 4) is 0 Å². The lowest BCUT2D eigenvalue weighted by Gasteiger charge is -2.00. The van der Waals surface area contributed by atoms with Crippen molar-refractivity contribution in [2.75, 3.05) is 0 Å². The lowest BCUT2D eigenvalue weighted by Crippen LogP contribution is -2.22. The molecule has 1 aliphatic carbocycles. The van der Waals surface area contributed by atoms with Crippen LogP contribution < -0.4 is 5.73 Å². The molecule has 0 aromatic heterocycles. The van der Waals surface area contributed by atoms with Gasteiger partial charge in [0.05, 0.1) is 5.41 Å². The second kappa shape index (κ2) is 1.87. The number of carbonyl (C=O) groups excluding carboxylic acids is 1. The van der Waals surface area contributed by atoms with Gasteiger partial charge in [-0.1, -0.05) is 12.2 Å². The van der Waals surface area contributed by atoms with Crippen LogP contribution in [0.5, 0.6) is 0 Å². The second-order valence-electron chi connectivity index (χ2n) is 2.52. The maximum absolute atomic E-state index is 10.6. The summed E-state index contributed by atoms with van der Waals surface area (Å²) in [6.45, 7) is 1.91. The van der Waals surface area contributed by atoms with Crippen LogP contribution in [0.15, 0.2) is 12.2 Å². The largest absolute Gasteiger partial charge is 0.369 e. The molecule has 1 amide bonds. The van der Waals surface area contributed by atoms with Gasteiger partial charge in [0.1, 0.15) is 0 Å². The Hall–Kier alpha value is -0.790. The van der Waals surface area contributed by atoms with Crippen molar-refractivity contribution in [2.24, 2.45) is 11.1 Å². The van der Waals surface area contributed by atoms with E-state index in [1.54, 1.807) is 0 Å². The Morgan fingerprint density at radius 3 is 2.33 bits per heavy atom. The number of primary amides is 1. The van der Waals surface area contributed by atoms with Gasteiger partial charge in [-0.25, -0.2) is 0 Å². The summed E-state index contributed by atoms with van der Waals surface area (Å²) >= 11 is 0. The number of hydrogen-bond acceptors (Lipinski definition) is 1. The van der Waals surface area contributed by atoms with Crippen LogP contribution in [0.25, 0.3) is 0 Å². The zero-order valence-electron chi connectivity index (χ0n) is 5.55. The first kappa shape index (κ1) is 6.33. The first-order chi connectivity index (χ1) is 4.21. The van der Waals surface area contributed by atoms with Crippen LogP contribution in [-0.4, -0.2) is 5.91 Å². The first-order valence-corrected chi connectivity index (χ1v) is 3.15. The average molecular weight is 125 g/mol. The van der Waals surface area contributed by atoms with Crippen molar-refractivity contribution in [2.45, 2.75) is 19.8 Å². The summed E-state index contributed by atoms with van der Waals surface area (Å²) in [5.74, 6) is -0.180. The Kier molecular flexibility index (Phi) is 1.31. The molecule has 0 aromatic rings. The van der Waals surface area contributed by atoms with Gasteiger partial charge in [0.15, 0.2) is 0 Å². The maximum Gasteiger partial charge on any atom is 0.227 e. The van der Waals surface area contributed by atoms with Gasteiger partial charge in [0.2, 0.25) is 5.91 Å². The van der Waals surface area contributed by atoms with E-state index in [1.165, 1.54) is 0 Å². The minimum absolute atomic E-state index is 0.180. The average Bonchev–Trinajstić information content (AvgIpc) is 2.49. The Balaban J connectivity index is 2.63. The number of hydrogen-bond donors (Lipinski definition) is 1. The van der Waals surface area contributed by atoms with Crippen LogP contribution in [0, 0.1) is 5.41 Å². The number of allylic oxidation sites excluding steroid dienone is 1. The second-order valence-corrected chi connectivity index (χ2v) is 2.52. The predicted octanol–water partition coefficient (Wildman–Crippen LogP) is 0.828.